The van der Waals surface area contributed by atoms with Crippen LogP contribution in [0.15, 0.2) is 36.4 Å². The van der Waals surface area contributed by atoms with Crippen LogP contribution in [0.5, 0.6) is 0 Å². The summed E-state index contributed by atoms with van der Waals surface area (Å²) in [6.07, 6.45) is 6.82. The molecule has 1 aromatic heterocycles. The number of anilines is 1. The number of carbonyl (C=O) groups excluding carboxylic acids is 1. The molecule has 0 radical (unpaired) electrons. The number of carbonyl (C=O) groups is 1. The molecule has 3 aromatic rings. The van der Waals surface area contributed by atoms with Crippen LogP contribution >= 0.6 is 0 Å². The van der Waals surface area contributed by atoms with Gasteiger partial charge in [-0.15, -0.1) is 5.10 Å². The van der Waals surface area contributed by atoms with Gasteiger partial charge >= 0.3 is 0 Å². The fraction of sp³-hybridized carbons (Fsp3) is 0.429. The number of aromatic nitrogens is 4. The fourth-order valence-corrected chi connectivity index (χ4v) is 4.95. The van der Waals surface area contributed by atoms with Crippen molar-refractivity contribution < 1.29 is 4.79 Å². The van der Waals surface area contributed by atoms with E-state index < -0.39 is 0 Å². The molecule has 1 heterocycles. The number of fused-ring (bicyclic) bond motifs is 1. The van der Waals surface area contributed by atoms with Crippen molar-refractivity contribution in [3.63, 3.8) is 0 Å². The molecule has 1 amide bonds. The summed E-state index contributed by atoms with van der Waals surface area (Å²) in [5.41, 5.74) is 9.01. The average Bonchev–Trinajstić information content (AvgIpc) is 3.30. The van der Waals surface area contributed by atoms with Gasteiger partial charge in [-0.05, 0) is 87.8 Å². The maximum Gasteiger partial charge on any atom is 0.270 e. The highest BCUT2D eigenvalue weighted by molar-refractivity contribution is 6.03. The molecule has 1 aliphatic rings. The van der Waals surface area contributed by atoms with Crippen LogP contribution in [0.2, 0.25) is 0 Å². The van der Waals surface area contributed by atoms with Crippen LogP contribution in [-0.4, -0.2) is 26.5 Å². The van der Waals surface area contributed by atoms with Crippen LogP contribution in [0, 0.1) is 0 Å². The minimum Gasteiger partial charge on any atom is -0.288 e. The predicted octanol–water partition coefficient (Wildman–Crippen LogP) is 6.31. The van der Waals surface area contributed by atoms with Crippen LogP contribution < -0.4 is 5.32 Å². The summed E-state index contributed by atoms with van der Waals surface area (Å²) in [6.45, 7) is 14.0. The maximum atomic E-state index is 12.4. The highest BCUT2D eigenvalue weighted by Gasteiger charge is 2.37. The molecule has 0 unspecified atom stereocenters. The molecule has 34 heavy (non-hydrogen) atoms. The number of amides is 1. The summed E-state index contributed by atoms with van der Waals surface area (Å²) in [7, 11) is 0. The van der Waals surface area contributed by atoms with Crippen molar-refractivity contribution in [3.8, 4) is 0 Å². The van der Waals surface area contributed by atoms with Crippen LogP contribution in [0.25, 0.3) is 11.6 Å². The van der Waals surface area contributed by atoms with E-state index in [4.69, 9.17) is 0 Å². The summed E-state index contributed by atoms with van der Waals surface area (Å²) in [4.78, 5) is 12.4. The molecule has 6 heteroatoms. The van der Waals surface area contributed by atoms with Crippen molar-refractivity contribution in [3.05, 3.63) is 69.8 Å². The molecule has 0 fully saturated rings. The molecule has 1 aliphatic carbocycles. The first kappa shape index (κ1) is 23.9. The molecule has 0 bridgehead atoms. The largest absolute Gasteiger partial charge is 0.288 e. The van der Waals surface area contributed by atoms with Crippen LogP contribution in [0.1, 0.15) is 99.0 Å². The zero-order valence-electron chi connectivity index (χ0n) is 21.1. The Morgan fingerprint density at radius 3 is 2.29 bits per heavy atom. The van der Waals surface area contributed by atoms with Crippen molar-refractivity contribution in [2.75, 3.05) is 5.32 Å². The van der Waals surface area contributed by atoms with Crippen LogP contribution in [0.4, 0.5) is 5.95 Å². The first-order valence-corrected chi connectivity index (χ1v) is 12.1. The lowest BCUT2D eigenvalue weighted by molar-refractivity contribution is 0.102. The quantitative estimate of drug-likeness (QED) is 0.425. The van der Waals surface area contributed by atoms with Crippen molar-refractivity contribution in [1.82, 2.24) is 20.6 Å². The zero-order valence-corrected chi connectivity index (χ0v) is 21.1. The van der Waals surface area contributed by atoms with E-state index >= 15 is 0 Å². The lowest BCUT2D eigenvalue weighted by atomic mass is 9.62. The second-order valence-corrected chi connectivity index (χ2v) is 10.7. The van der Waals surface area contributed by atoms with Crippen molar-refractivity contribution in [2.24, 2.45) is 0 Å². The van der Waals surface area contributed by atoms with Gasteiger partial charge in [0.05, 0.1) is 0 Å². The third kappa shape index (κ3) is 4.81. The van der Waals surface area contributed by atoms with Crippen molar-refractivity contribution in [2.45, 2.75) is 78.1 Å². The maximum absolute atomic E-state index is 12.4. The molecular weight excluding hydrogens is 422 g/mol. The monoisotopic (exact) mass is 457 g/mol. The minimum absolute atomic E-state index is 0.159. The summed E-state index contributed by atoms with van der Waals surface area (Å²) in [5, 5.41) is 15.9. The van der Waals surface area contributed by atoms with E-state index in [9.17, 15) is 4.79 Å². The smallest absolute Gasteiger partial charge is 0.270 e. The van der Waals surface area contributed by atoms with Gasteiger partial charge in [-0.3, -0.25) is 10.1 Å². The molecule has 0 saturated heterocycles. The summed E-state index contributed by atoms with van der Waals surface area (Å²) >= 11 is 0. The van der Waals surface area contributed by atoms with Gasteiger partial charge < -0.3 is 0 Å². The summed E-state index contributed by atoms with van der Waals surface area (Å²) in [5.74, 6) is -0.106. The Hall–Kier alpha value is -3.28. The van der Waals surface area contributed by atoms with E-state index in [1.54, 1.807) is 0 Å². The average molecular weight is 458 g/mol. The Kier molecular flexibility index (Phi) is 6.43. The number of tetrazole rings is 1. The Labute approximate surface area is 202 Å². The van der Waals surface area contributed by atoms with E-state index in [1.807, 2.05) is 24.3 Å². The van der Waals surface area contributed by atoms with Gasteiger partial charge in [0, 0.05) is 5.56 Å². The van der Waals surface area contributed by atoms with Gasteiger partial charge in [-0.25, -0.2) is 0 Å². The predicted molar refractivity (Wildman–Crippen MR) is 138 cm³/mol. The highest BCUT2D eigenvalue weighted by atomic mass is 16.1. The molecular formula is C28H35N5O. The van der Waals surface area contributed by atoms with Crippen LogP contribution in [0.3, 0.4) is 0 Å². The number of benzene rings is 2. The Bertz CT molecular complexity index is 1200. The fourth-order valence-electron chi connectivity index (χ4n) is 4.95. The molecule has 0 saturated carbocycles. The first-order valence-electron chi connectivity index (χ1n) is 12.1. The number of hydrogen-bond acceptors (Lipinski definition) is 4. The van der Waals surface area contributed by atoms with E-state index in [-0.39, 0.29) is 22.7 Å². The first-order chi connectivity index (χ1) is 16.1. The van der Waals surface area contributed by atoms with E-state index in [0.29, 0.717) is 5.56 Å². The van der Waals surface area contributed by atoms with E-state index in [0.717, 1.165) is 18.4 Å². The molecule has 2 aromatic carbocycles. The molecule has 0 atom stereocenters. The summed E-state index contributed by atoms with van der Waals surface area (Å²) in [6, 6.07) is 12.5. The number of aryl methyl sites for hydroxylation is 1. The lowest BCUT2D eigenvalue weighted by Gasteiger charge is -2.42. The normalized spacial score (nSPS) is 16.7. The van der Waals surface area contributed by atoms with Gasteiger partial charge in [-0.1, -0.05) is 76.5 Å². The molecule has 178 valence electrons. The summed E-state index contributed by atoms with van der Waals surface area (Å²) < 4.78 is 0. The number of nitrogens with zero attached hydrogens (tertiary/aromatic N) is 3. The number of aromatic amines is 1. The Morgan fingerprint density at radius 1 is 1.06 bits per heavy atom. The molecule has 4 rings (SSSR count). The van der Waals surface area contributed by atoms with E-state index in [2.05, 4.69) is 85.7 Å². The lowest BCUT2D eigenvalue weighted by Crippen LogP contribution is -2.34. The number of H-pyrrole nitrogens is 1. The Morgan fingerprint density at radius 2 is 1.71 bits per heavy atom. The van der Waals surface area contributed by atoms with Gasteiger partial charge in [0.1, 0.15) is 0 Å². The highest BCUT2D eigenvalue weighted by Crippen LogP contribution is 2.47. The number of rotatable bonds is 6. The minimum atomic E-state index is -0.265. The van der Waals surface area contributed by atoms with Gasteiger partial charge in [-0.2, -0.15) is 5.21 Å². The van der Waals surface area contributed by atoms with Gasteiger partial charge in [0.15, 0.2) is 0 Å². The van der Waals surface area contributed by atoms with Gasteiger partial charge in [0.25, 0.3) is 11.9 Å². The standard InChI is InChI=1S/C28H35N5O/c1-7-8-21-16-23-24(28(5,6)14-13-27(23,3)4)17-22(21)18(2)15-19-9-11-20(12-10-19)25(34)29-26-30-32-33-31-26/h9-12,15-17H,7-8,13-14H2,1-6H3,(H2,29,30,31,32,33,34). The molecule has 6 nitrogen and oxygen atoms in total. The van der Waals surface area contributed by atoms with Crippen LogP contribution in [-0.2, 0) is 17.3 Å². The Balaban J connectivity index is 1.66. The number of allylic oxidation sites excluding steroid dienone is 1. The topological polar surface area (TPSA) is 83.6 Å². The van der Waals surface area contributed by atoms with Crippen molar-refractivity contribution in [1.29, 1.82) is 0 Å². The second-order valence-electron chi connectivity index (χ2n) is 10.7. The molecule has 0 spiro atoms. The van der Waals surface area contributed by atoms with E-state index in [1.165, 1.54) is 40.7 Å². The third-order valence-electron chi connectivity index (χ3n) is 7.15. The number of hydrogen-bond donors (Lipinski definition) is 2. The van der Waals surface area contributed by atoms with Crippen molar-refractivity contribution >= 4 is 23.5 Å². The SMILES string of the molecule is CCCc1cc2c(cc1C(C)=Cc1ccc(C(=O)Nc3nn[nH]n3)cc1)C(C)(C)CCC2(C)C. The number of nitrogens with one attached hydrogen (secondary N) is 2. The van der Waals surface area contributed by atoms with Gasteiger partial charge in [0.2, 0.25) is 0 Å². The third-order valence-corrected chi connectivity index (χ3v) is 7.15. The second kappa shape index (κ2) is 9.16. The molecule has 0 aliphatic heterocycles. The zero-order chi connectivity index (χ0) is 24.5. The molecule has 2 N–H and O–H groups in total.